The Morgan fingerprint density at radius 3 is 2.55 bits per heavy atom. The fourth-order valence-corrected chi connectivity index (χ4v) is 3.95. The van der Waals surface area contributed by atoms with Gasteiger partial charge in [-0.25, -0.2) is 4.39 Å². The third-order valence-electron chi connectivity index (χ3n) is 5.53. The quantitative estimate of drug-likeness (QED) is 0.515. The number of methoxy groups -OCH3 is 1. The van der Waals surface area contributed by atoms with Crippen LogP contribution in [0.4, 0.5) is 23.2 Å². The van der Waals surface area contributed by atoms with Crippen LogP contribution >= 0.6 is 0 Å². The van der Waals surface area contributed by atoms with E-state index < -0.39 is 29.0 Å². The highest BCUT2D eigenvalue weighted by Gasteiger charge is 2.32. The molecular weight excluding hydrogens is 414 g/mol. The van der Waals surface area contributed by atoms with Crippen molar-refractivity contribution in [2.75, 3.05) is 12.4 Å². The number of nitrogens with zero attached hydrogens (tertiary/aromatic N) is 2. The lowest BCUT2D eigenvalue weighted by Gasteiger charge is -2.21. The van der Waals surface area contributed by atoms with E-state index in [1.807, 2.05) is 10.9 Å². The van der Waals surface area contributed by atoms with Crippen LogP contribution in [-0.4, -0.2) is 22.8 Å². The fraction of sp³-hybridized carbons (Fsp3) is 0.364. The number of halogens is 4. The number of rotatable bonds is 4. The van der Waals surface area contributed by atoms with Crippen molar-refractivity contribution in [2.45, 2.75) is 44.3 Å². The van der Waals surface area contributed by atoms with Gasteiger partial charge < -0.3 is 10.1 Å². The molecule has 0 atom stereocenters. The fourth-order valence-electron chi connectivity index (χ4n) is 3.95. The van der Waals surface area contributed by atoms with E-state index in [2.05, 4.69) is 10.4 Å². The molecule has 1 N–H and O–H groups in total. The summed E-state index contributed by atoms with van der Waals surface area (Å²) in [5, 5.41) is 7.91. The molecule has 1 aliphatic rings. The van der Waals surface area contributed by atoms with Gasteiger partial charge in [0.15, 0.2) is 0 Å². The van der Waals surface area contributed by atoms with Crippen LogP contribution in [0.1, 0.15) is 54.1 Å². The maximum absolute atomic E-state index is 13.7. The SMILES string of the molecule is COc1cc2nn(C3CCCCC3)cc2cc1NC(=O)c1cc(F)cc(C(F)(F)F)c1. The molecule has 2 aromatic carbocycles. The summed E-state index contributed by atoms with van der Waals surface area (Å²) in [6, 6.07) is 5.36. The van der Waals surface area contributed by atoms with Gasteiger partial charge in [0.05, 0.1) is 29.9 Å². The minimum atomic E-state index is -4.76. The largest absolute Gasteiger partial charge is 0.494 e. The molecule has 0 saturated heterocycles. The van der Waals surface area contributed by atoms with Gasteiger partial charge in [-0.3, -0.25) is 9.48 Å². The summed E-state index contributed by atoms with van der Waals surface area (Å²) in [6.45, 7) is 0. The molecule has 1 amide bonds. The van der Waals surface area contributed by atoms with Crippen molar-refractivity contribution in [1.29, 1.82) is 0 Å². The second-order valence-electron chi connectivity index (χ2n) is 7.69. The number of carbonyl (C=O) groups is 1. The number of anilines is 1. The van der Waals surface area contributed by atoms with Gasteiger partial charge in [0.25, 0.3) is 5.91 Å². The van der Waals surface area contributed by atoms with E-state index in [0.717, 1.165) is 37.1 Å². The normalized spacial score (nSPS) is 15.3. The van der Waals surface area contributed by atoms with E-state index >= 15 is 0 Å². The molecule has 0 aliphatic heterocycles. The van der Waals surface area contributed by atoms with E-state index in [9.17, 15) is 22.4 Å². The summed E-state index contributed by atoms with van der Waals surface area (Å²) in [5.74, 6) is -1.71. The first-order valence-corrected chi connectivity index (χ1v) is 10.0. The van der Waals surface area contributed by atoms with Crippen LogP contribution in [0.3, 0.4) is 0 Å². The zero-order chi connectivity index (χ0) is 22.2. The molecule has 0 radical (unpaired) electrons. The highest BCUT2D eigenvalue weighted by Crippen LogP contribution is 2.34. The summed E-state index contributed by atoms with van der Waals surface area (Å²) in [7, 11) is 1.42. The topological polar surface area (TPSA) is 56.1 Å². The molecule has 0 bridgehead atoms. The van der Waals surface area contributed by atoms with E-state index in [4.69, 9.17) is 4.74 Å². The average Bonchev–Trinajstić information content (AvgIpc) is 3.15. The lowest BCUT2D eigenvalue weighted by atomic mass is 9.96. The van der Waals surface area contributed by atoms with Crippen molar-refractivity contribution in [1.82, 2.24) is 9.78 Å². The number of carbonyl (C=O) groups excluding carboxylic acids is 1. The minimum absolute atomic E-state index is 0.265. The van der Waals surface area contributed by atoms with Crippen molar-refractivity contribution in [3.63, 3.8) is 0 Å². The summed E-state index contributed by atoms with van der Waals surface area (Å²) in [5.41, 5.74) is -0.715. The number of fused-ring (bicyclic) bond motifs is 1. The molecular formula is C22H21F4N3O2. The predicted molar refractivity (Wildman–Crippen MR) is 108 cm³/mol. The number of hydrogen-bond donors (Lipinski definition) is 1. The Kier molecular flexibility index (Phi) is 5.60. The Bertz CT molecular complexity index is 1120. The molecule has 1 aromatic heterocycles. The lowest BCUT2D eigenvalue weighted by molar-refractivity contribution is -0.137. The van der Waals surface area contributed by atoms with Gasteiger partial charge in [0.1, 0.15) is 11.6 Å². The van der Waals surface area contributed by atoms with Gasteiger partial charge in [-0.15, -0.1) is 0 Å². The molecule has 5 nitrogen and oxygen atoms in total. The number of ether oxygens (including phenoxy) is 1. The number of amides is 1. The molecule has 9 heteroatoms. The van der Waals surface area contributed by atoms with E-state index in [0.29, 0.717) is 29.4 Å². The van der Waals surface area contributed by atoms with Crippen LogP contribution in [0.5, 0.6) is 5.75 Å². The van der Waals surface area contributed by atoms with Crippen molar-refractivity contribution < 1.29 is 27.1 Å². The maximum atomic E-state index is 13.7. The molecule has 1 fully saturated rings. The van der Waals surface area contributed by atoms with Crippen LogP contribution in [-0.2, 0) is 6.18 Å². The second kappa shape index (κ2) is 8.20. The van der Waals surface area contributed by atoms with Gasteiger partial charge in [0.2, 0.25) is 0 Å². The molecule has 31 heavy (non-hydrogen) atoms. The third kappa shape index (κ3) is 4.50. The molecule has 3 aromatic rings. The minimum Gasteiger partial charge on any atom is -0.494 e. The summed E-state index contributed by atoms with van der Waals surface area (Å²) in [4.78, 5) is 12.6. The van der Waals surface area contributed by atoms with E-state index in [-0.39, 0.29) is 5.69 Å². The predicted octanol–water partition coefficient (Wildman–Crippen LogP) is 5.96. The Labute approximate surface area is 176 Å². The smallest absolute Gasteiger partial charge is 0.416 e. The molecule has 1 aliphatic carbocycles. The summed E-state index contributed by atoms with van der Waals surface area (Å²) < 4.78 is 59.8. The third-order valence-corrected chi connectivity index (χ3v) is 5.53. The van der Waals surface area contributed by atoms with Gasteiger partial charge >= 0.3 is 6.18 Å². The molecule has 1 saturated carbocycles. The summed E-state index contributed by atoms with van der Waals surface area (Å²) >= 11 is 0. The Morgan fingerprint density at radius 1 is 1.13 bits per heavy atom. The van der Waals surface area contributed by atoms with Crippen LogP contribution in [0.15, 0.2) is 36.5 Å². The summed E-state index contributed by atoms with van der Waals surface area (Å²) in [6.07, 6.45) is 2.76. The first-order valence-electron chi connectivity index (χ1n) is 10.0. The molecule has 4 rings (SSSR count). The van der Waals surface area contributed by atoms with Crippen LogP contribution in [0.25, 0.3) is 10.9 Å². The number of aromatic nitrogens is 2. The monoisotopic (exact) mass is 435 g/mol. The molecule has 0 spiro atoms. The number of nitrogens with one attached hydrogen (secondary N) is 1. The van der Waals surface area contributed by atoms with Crippen molar-refractivity contribution in [3.05, 3.63) is 53.5 Å². The number of alkyl halides is 3. The first-order chi connectivity index (χ1) is 14.7. The van der Waals surface area contributed by atoms with E-state index in [1.54, 1.807) is 12.1 Å². The van der Waals surface area contributed by atoms with Crippen LogP contribution in [0.2, 0.25) is 0 Å². The Balaban J connectivity index is 1.64. The highest BCUT2D eigenvalue weighted by atomic mass is 19.4. The van der Waals surface area contributed by atoms with E-state index in [1.165, 1.54) is 13.5 Å². The zero-order valence-electron chi connectivity index (χ0n) is 16.8. The number of benzene rings is 2. The average molecular weight is 435 g/mol. The van der Waals surface area contributed by atoms with Crippen LogP contribution in [0, 0.1) is 5.82 Å². The van der Waals surface area contributed by atoms with Gasteiger partial charge in [-0.2, -0.15) is 18.3 Å². The second-order valence-corrected chi connectivity index (χ2v) is 7.69. The zero-order valence-corrected chi connectivity index (χ0v) is 16.8. The van der Waals surface area contributed by atoms with Gasteiger partial charge in [0, 0.05) is 23.2 Å². The number of hydrogen-bond acceptors (Lipinski definition) is 3. The lowest BCUT2D eigenvalue weighted by Crippen LogP contribution is -2.15. The molecule has 1 heterocycles. The van der Waals surface area contributed by atoms with Gasteiger partial charge in [-0.1, -0.05) is 19.3 Å². The highest BCUT2D eigenvalue weighted by molar-refractivity contribution is 6.06. The van der Waals surface area contributed by atoms with Gasteiger partial charge in [-0.05, 0) is 37.1 Å². The van der Waals surface area contributed by atoms with Crippen molar-refractivity contribution in [3.8, 4) is 5.75 Å². The Morgan fingerprint density at radius 2 is 1.87 bits per heavy atom. The Hall–Kier alpha value is -3.10. The van der Waals surface area contributed by atoms with Crippen molar-refractivity contribution >= 4 is 22.5 Å². The first kappa shape index (κ1) is 21.1. The van der Waals surface area contributed by atoms with Crippen LogP contribution < -0.4 is 10.1 Å². The molecule has 0 unspecified atom stereocenters. The van der Waals surface area contributed by atoms with Crippen molar-refractivity contribution in [2.24, 2.45) is 0 Å². The maximum Gasteiger partial charge on any atom is 0.416 e. The standard InChI is InChI=1S/C22H21F4N3O2/c1-31-20-11-18-14(12-29(28-18)17-5-3-2-4-6-17)9-19(20)27-21(30)13-7-15(22(24,25)26)10-16(23)8-13/h7-12,17H,2-6H2,1H3,(H,27,30). The molecule has 164 valence electrons.